The Morgan fingerprint density at radius 3 is 3.00 bits per heavy atom. The highest BCUT2D eigenvalue weighted by atomic mass is 19.1. The molecule has 1 aromatic carbocycles. The number of aromatic nitrogens is 3. The lowest BCUT2D eigenvalue weighted by atomic mass is 10.0. The minimum absolute atomic E-state index is 0.194. The van der Waals surface area contributed by atoms with Crippen molar-refractivity contribution in [3.8, 4) is 5.69 Å². The van der Waals surface area contributed by atoms with Crippen LogP contribution in [-0.2, 0) is 19.3 Å². The summed E-state index contributed by atoms with van der Waals surface area (Å²) in [6, 6.07) is 4.85. The van der Waals surface area contributed by atoms with E-state index >= 15 is 0 Å². The number of nitrogens with two attached hydrogens (primary N) is 1. The number of fused-ring (bicyclic) bond motifs is 3. The van der Waals surface area contributed by atoms with Crippen molar-refractivity contribution in [3.63, 3.8) is 0 Å². The standard InChI is InChI=1S/C12H13FN4/c13-9-2-3-10-8(7-9)1-4-11-15-16-12(5-6-14)17(10)11/h2-3,7H,1,4-6,14H2. The van der Waals surface area contributed by atoms with Gasteiger partial charge in [0.2, 0.25) is 0 Å². The Balaban J connectivity index is 2.16. The van der Waals surface area contributed by atoms with Crippen LogP contribution in [0.3, 0.4) is 0 Å². The largest absolute Gasteiger partial charge is 0.330 e. The predicted octanol–water partition coefficient (Wildman–Crippen LogP) is 1.01. The maximum absolute atomic E-state index is 13.2. The summed E-state index contributed by atoms with van der Waals surface area (Å²) in [5.41, 5.74) is 7.55. The van der Waals surface area contributed by atoms with Gasteiger partial charge in [0.05, 0.1) is 5.69 Å². The van der Waals surface area contributed by atoms with Crippen LogP contribution in [0.2, 0.25) is 0 Å². The summed E-state index contributed by atoms with van der Waals surface area (Å²) in [6.07, 6.45) is 2.30. The minimum Gasteiger partial charge on any atom is -0.330 e. The van der Waals surface area contributed by atoms with E-state index in [1.54, 1.807) is 12.1 Å². The van der Waals surface area contributed by atoms with E-state index < -0.39 is 0 Å². The van der Waals surface area contributed by atoms with Crippen molar-refractivity contribution in [1.29, 1.82) is 0 Å². The van der Waals surface area contributed by atoms with Crippen molar-refractivity contribution >= 4 is 0 Å². The van der Waals surface area contributed by atoms with Crippen LogP contribution in [0, 0.1) is 5.82 Å². The van der Waals surface area contributed by atoms with Gasteiger partial charge in [0.15, 0.2) is 0 Å². The quantitative estimate of drug-likeness (QED) is 0.840. The van der Waals surface area contributed by atoms with Gasteiger partial charge in [-0.2, -0.15) is 0 Å². The SMILES string of the molecule is NCCc1nnc2n1-c1ccc(F)cc1CC2. The minimum atomic E-state index is -0.194. The third kappa shape index (κ3) is 1.63. The summed E-state index contributed by atoms with van der Waals surface area (Å²) in [7, 11) is 0. The fraction of sp³-hybridized carbons (Fsp3) is 0.333. The molecule has 5 heteroatoms. The first kappa shape index (κ1) is 10.4. The van der Waals surface area contributed by atoms with E-state index in [4.69, 9.17) is 5.73 Å². The van der Waals surface area contributed by atoms with Crippen LogP contribution in [0.15, 0.2) is 18.2 Å². The lowest BCUT2D eigenvalue weighted by Gasteiger charge is -2.19. The molecule has 0 radical (unpaired) electrons. The monoisotopic (exact) mass is 232 g/mol. The summed E-state index contributed by atoms with van der Waals surface area (Å²) in [4.78, 5) is 0. The van der Waals surface area contributed by atoms with E-state index in [-0.39, 0.29) is 5.82 Å². The van der Waals surface area contributed by atoms with Gasteiger partial charge in [0.25, 0.3) is 0 Å². The van der Waals surface area contributed by atoms with Gasteiger partial charge in [-0.05, 0) is 36.7 Å². The van der Waals surface area contributed by atoms with Crippen molar-refractivity contribution in [1.82, 2.24) is 14.8 Å². The molecule has 1 aliphatic heterocycles. The number of nitrogens with zero attached hydrogens (tertiary/aromatic N) is 3. The highest BCUT2D eigenvalue weighted by Crippen LogP contribution is 2.25. The number of rotatable bonds is 2. The summed E-state index contributed by atoms with van der Waals surface area (Å²) >= 11 is 0. The number of aryl methyl sites for hydroxylation is 2. The third-order valence-corrected chi connectivity index (χ3v) is 3.07. The van der Waals surface area contributed by atoms with Gasteiger partial charge in [0, 0.05) is 12.8 Å². The molecule has 3 rings (SSSR count). The van der Waals surface area contributed by atoms with Crippen LogP contribution in [0.25, 0.3) is 5.69 Å². The third-order valence-electron chi connectivity index (χ3n) is 3.07. The molecular weight excluding hydrogens is 219 g/mol. The van der Waals surface area contributed by atoms with E-state index in [1.165, 1.54) is 6.07 Å². The van der Waals surface area contributed by atoms with Crippen LogP contribution < -0.4 is 5.73 Å². The van der Waals surface area contributed by atoms with E-state index in [1.807, 2.05) is 4.57 Å². The van der Waals surface area contributed by atoms with Gasteiger partial charge >= 0.3 is 0 Å². The average Bonchev–Trinajstić information content (AvgIpc) is 2.73. The molecule has 0 saturated carbocycles. The molecule has 0 fully saturated rings. The van der Waals surface area contributed by atoms with Crippen LogP contribution in [0.1, 0.15) is 17.2 Å². The lowest BCUT2D eigenvalue weighted by Crippen LogP contribution is -2.16. The van der Waals surface area contributed by atoms with Crippen molar-refractivity contribution in [2.24, 2.45) is 5.73 Å². The molecule has 0 spiro atoms. The zero-order valence-electron chi connectivity index (χ0n) is 9.36. The van der Waals surface area contributed by atoms with Gasteiger partial charge in [0.1, 0.15) is 17.5 Å². The van der Waals surface area contributed by atoms with Crippen molar-refractivity contribution < 1.29 is 4.39 Å². The molecule has 0 unspecified atom stereocenters. The van der Waals surface area contributed by atoms with Gasteiger partial charge in [-0.3, -0.25) is 4.57 Å². The molecule has 88 valence electrons. The Bertz CT molecular complexity index is 562. The summed E-state index contributed by atoms with van der Waals surface area (Å²) < 4.78 is 15.2. The first-order valence-corrected chi connectivity index (χ1v) is 5.71. The van der Waals surface area contributed by atoms with E-state index in [9.17, 15) is 4.39 Å². The molecule has 17 heavy (non-hydrogen) atoms. The smallest absolute Gasteiger partial charge is 0.138 e. The highest BCUT2D eigenvalue weighted by Gasteiger charge is 2.20. The molecule has 0 amide bonds. The molecule has 2 N–H and O–H groups in total. The molecular formula is C12H13FN4. The summed E-state index contributed by atoms with van der Waals surface area (Å²) in [5.74, 6) is 1.60. The Labute approximate surface area is 98.3 Å². The molecule has 0 saturated heterocycles. The highest BCUT2D eigenvalue weighted by molar-refractivity contribution is 5.45. The van der Waals surface area contributed by atoms with Crippen molar-refractivity contribution in [2.45, 2.75) is 19.3 Å². The van der Waals surface area contributed by atoms with Gasteiger partial charge in [-0.15, -0.1) is 10.2 Å². The normalized spacial score (nSPS) is 13.3. The van der Waals surface area contributed by atoms with Gasteiger partial charge < -0.3 is 5.73 Å². The Morgan fingerprint density at radius 2 is 2.18 bits per heavy atom. The number of halogens is 1. The number of hydrogen-bond acceptors (Lipinski definition) is 3. The molecule has 0 aliphatic carbocycles. The summed E-state index contributed by atoms with van der Waals surface area (Å²) in [6.45, 7) is 0.536. The molecule has 1 aromatic heterocycles. The zero-order valence-corrected chi connectivity index (χ0v) is 9.36. The lowest BCUT2D eigenvalue weighted by molar-refractivity contribution is 0.621. The topological polar surface area (TPSA) is 56.7 Å². The van der Waals surface area contributed by atoms with Crippen LogP contribution >= 0.6 is 0 Å². The second kappa shape index (κ2) is 3.92. The molecule has 2 heterocycles. The van der Waals surface area contributed by atoms with Crippen LogP contribution in [0.4, 0.5) is 4.39 Å². The Kier molecular flexibility index (Phi) is 2.40. The molecule has 0 atom stereocenters. The number of hydrogen-bond donors (Lipinski definition) is 1. The first-order chi connectivity index (χ1) is 8.29. The molecule has 1 aliphatic rings. The maximum atomic E-state index is 13.2. The second-order valence-electron chi connectivity index (χ2n) is 4.18. The van der Waals surface area contributed by atoms with Crippen molar-refractivity contribution in [3.05, 3.63) is 41.2 Å². The second-order valence-corrected chi connectivity index (χ2v) is 4.18. The van der Waals surface area contributed by atoms with E-state index in [0.29, 0.717) is 13.0 Å². The molecule has 2 aromatic rings. The number of benzene rings is 1. The average molecular weight is 232 g/mol. The first-order valence-electron chi connectivity index (χ1n) is 5.71. The van der Waals surface area contributed by atoms with Gasteiger partial charge in [-0.1, -0.05) is 0 Å². The molecule has 0 bridgehead atoms. The Hall–Kier alpha value is -1.75. The zero-order chi connectivity index (χ0) is 11.8. The van der Waals surface area contributed by atoms with Gasteiger partial charge in [-0.25, -0.2) is 4.39 Å². The van der Waals surface area contributed by atoms with Crippen LogP contribution in [0.5, 0.6) is 0 Å². The van der Waals surface area contributed by atoms with E-state index in [2.05, 4.69) is 10.2 Å². The molecule has 4 nitrogen and oxygen atoms in total. The van der Waals surface area contributed by atoms with Crippen LogP contribution in [-0.4, -0.2) is 21.3 Å². The van der Waals surface area contributed by atoms with E-state index in [0.717, 1.165) is 35.7 Å². The fourth-order valence-corrected chi connectivity index (χ4v) is 2.30. The fourth-order valence-electron chi connectivity index (χ4n) is 2.30. The predicted molar refractivity (Wildman–Crippen MR) is 61.5 cm³/mol. The summed E-state index contributed by atoms with van der Waals surface area (Å²) in [5, 5.41) is 8.31. The Morgan fingerprint density at radius 1 is 1.29 bits per heavy atom. The van der Waals surface area contributed by atoms with Crippen molar-refractivity contribution in [2.75, 3.05) is 6.54 Å². The maximum Gasteiger partial charge on any atom is 0.138 e.